The lowest BCUT2D eigenvalue weighted by molar-refractivity contribution is 0.589. The number of fused-ring (bicyclic) bond motifs is 3. The number of rotatable bonds is 5. The molecule has 0 saturated heterocycles. The van der Waals surface area contributed by atoms with Crippen LogP contribution in [0.3, 0.4) is 0 Å². The molecule has 0 amide bonds. The summed E-state index contributed by atoms with van der Waals surface area (Å²) >= 11 is 0. The van der Waals surface area contributed by atoms with Gasteiger partial charge >= 0.3 is 0 Å². The van der Waals surface area contributed by atoms with Crippen LogP contribution in [0.2, 0.25) is 0 Å². The molecule has 0 bridgehead atoms. The van der Waals surface area contributed by atoms with E-state index < -0.39 is 0 Å². The van der Waals surface area contributed by atoms with Gasteiger partial charge in [-0.1, -0.05) is 114 Å². The molecule has 0 radical (unpaired) electrons. The molecule has 0 aliphatic carbocycles. The standard InChI is InChI=1S/C36H36N2/c1-24(2)32-19-20-33-30-17-10-11-18-31(30)35(38(32)33)25(3)37-23-29(36(4,5)6)22-34(37)28-16-12-15-27(21-28)26-13-8-7-9-14-26/h7-24,35H,3H2,1-2,4-6H3/t35-/m0/s1. The predicted molar refractivity (Wildman–Crippen MR) is 161 cm³/mol. The van der Waals surface area contributed by atoms with Crippen molar-refractivity contribution in [3.8, 4) is 33.6 Å². The van der Waals surface area contributed by atoms with E-state index in [1.807, 2.05) is 0 Å². The van der Waals surface area contributed by atoms with Crippen LogP contribution in [0.4, 0.5) is 0 Å². The lowest BCUT2D eigenvalue weighted by Gasteiger charge is -2.25. The monoisotopic (exact) mass is 496 g/mol. The normalized spacial score (nSPS) is 14.5. The van der Waals surface area contributed by atoms with Gasteiger partial charge in [0, 0.05) is 28.8 Å². The van der Waals surface area contributed by atoms with Crippen LogP contribution in [0.5, 0.6) is 0 Å². The highest BCUT2D eigenvalue weighted by Gasteiger charge is 2.34. The zero-order valence-electron chi connectivity index (χ0n) is 23.1. The molecule has 1 atom stereocenters. The summed E-state index contributed by atoms with van der Waals surface area (Å²) < 4.78 is 4.87. The van der Waals surface area contributed by atoms with E-state index in [1.54, 1.807) is 0 Å². The molecule has 3 heterocycles. The minimum Gasteiger partial charge on any atom is -0.331 e. The first-order valence-electron chi connectivity index (χ1n) is 13.6. The highest BCUT2D eigenvalue weighted by Crippen LogP contribution is 2.48. The molecule has 2 aromatic heterocycles. The van der Waals surface area contributed by atoms with E-state index in [1.165, 1.54) is 50.5 Å². The molecule has 3 aromatic carbocycles. The molecule has 0 saturated carbocycles. The van der Waals surface area contributed by atoms with Gasteiger partial charge in [-0.05, 0) is 63.4 Å². The molecule has 2 heteroatoms. The summed E-state index contributed by atoms with van der Waals surface area (Å²) in [4.78, 5) is 0. The van der Waals surface area contributed by atoms with Crippen molar-refractivity contribution in [2.24, 2.45) is 0 Å². The Balaban J connectivity index is 1.53. The van der Waals surface area contributed by atoms with Crippen molar-refractivity contribution in [3.05, 3.63) is 127 Å². The molecular formula is C36H36N2. The molecule has 0 unspecified atom stereocenters. The van der Waals surface area contributed by atoms with Gasteiger partial charge in [-0.25, -0.2) is 0 Å². The van der Waals surface area contributed by atoms with Gasteiger partial charge in [0.25, 0.3) is 0 Å². The number of aromatic nitrogens is 2. The van der Waals surface area contributed by atoms with E-state index in [-0.39, 0.29) is 11.5 Å². The van der Waals surface area contributed by atoms with Crippen molar-refractivity contribution in [1.82, 2.24) is 9.13 Å². The van der Waals surface area contributed by atoms with Crippen molar-refractivity contribution in [3.63, 3.8) is 0 Å². The SMILES string of the molecule is C=C([C@H]1c2ccccc2-c2ccc(C(C)C)n21)n1cc(C(C)(C)C)cc1-c1cccc(-c2ccccc2)c1. The second-order valence-corrected chi connectivity index (χ2v) is 11.8. The summed E-state index contributed by atoms with van der Waals surface area (Å²) in [6.45, 7) is 16.2. The summed E-state index contributed by atoms with van der Waals surface area (Å²) in [6.07, 6.45) is 2.31. The third-order valence-corrected chi connectivity index (χ3v) is 7.91. The first-order valence-corrected chi connectivity index (χ1v) is 13.6. The fourth-order valence-electron chi connectivity index (χ4n) is 5.83. The molecular weight excluding hydrogens is 460 g/mol. The minimum absolute atomic E-state index is 0.0204. The van der Waals surface area contributed by atoms with Crippen LogP contribution in [0.1, 0.15) is 63.4 Å². The van der Waals surface area contributed by atoms with Crippen molar-refractivity contribution >= 4 is 5.70 Å². The van der Waals surface area contributed by atoms with Crippen LogP contribution in [0.15, 0.2) is 110 Å². The Morgan fingerprint density at radius 1 is 0.737 bits per heavy atom. The topological polar surface area (TPSA) is 9.86 Å². The molecule has 0 spiro atoms. The number of benzene rings is 3. The average Bonchev–Trinajstić information content (AvgIpc) is 3.62. The molecule has 0 fully saturated rings. The average molecular weight is 497 g/mol. The summed E-state index contributed by atoms with van der Waals surface area (Å²) in [5.74, 6) is 0.421. The Hall–Kier alpha value is -4.04. The summed E-state index contributed by atoms with van der Waals surface area (Å²) in [5.41, 5.74) is 12.5. The zero-order chi connectivity index (χ0) is 26.6. The van der Waals surface area contributed by atoms with Gasteiger partial charge in [-0.2, -0.15) is 0 Å². The van der Waals surface area contributed by atoms with Gasteiger partial charge < -0.3 is 9.13 Å². The number of hydrogen-bond acceptors (Lipinski definition) is 0. The largest absolute Gasteiger partial charge is 0.331 e. The van der Waals surface area contributed by atoms with E-state index >= 15 is 0 Å². The maximum Gasteiger partial charge on any atom is 0.0996 e. The smallest absolute Gasteiger partial charge is 0.0996 e. The highest BCUT2D eigenvalue weighted by atomic mass is 15.1. The zero-order valence-corrected chi connectivity index (χ0v) is 23.1. The van der Waals surface area contributed by atoms with Crippen LogP contribution in [-0.4, -0.2) is 9.13 Å². The second kappa shape index (κ2) is 9.06. The van der Waals surface area contributed by atoms with E-state index in [2.05, 4.69) is 147 Å². The molecule has 0 N–H and O–H groups in total. The van der Waals surface area contributed by atoms with Gasteiger partial charge in [-0.15, -0.1) is 0 Å². The first kappa shape index (κ1) is 24.3. The second-order valence-electron chi connectivity index (χ2n) is 11.8. The number of nitrogens with zero attached hydrogens (tertiary/aromatic N) is 2. The van der Waals surface area contributed by atoms with Crippen LogP contribution in [-0.2, 0) is 5.41 Å². The molecule has 190 valence electrons. The van der Waals surface area contributed by atoms with Crippen molar-refractivity contribution in [2.45, 2.75) is 52.0 Å². The molecule has 1 aliphatic heterocycles. The quantitative estimate of drug-likeness (QED) is 0.229. The summed E-state index contributed by atoms with van der Waals surface area (Å²) in [5, 5.41) is 0. The molecule has 1 aliphatic rings. The number of allylic oxidation sites excluding steroid dienone is 1. The lowest BCUT2D eigenvalue weighted by Crippen LogP contribution is -2.15. The van der Waals surface area contributed by atoms with Gasteiger partial charge in [-0.3, -0.25) is 0 Å². The van der Waals surface area contributed by atoms with Gasteiger partial charge in [0.05, 0.1) is 11.7 Å². The third-order valence-electron chi connectivity index (χ3n) is 7.91. The Kier molecular flexibility index (Phi) is 5.79. The Labute approximate surface area is 226 Å². The van der Waals surface area contributed by atoms with E-state index in [0.717, 1.165) is 5.70 Å². The van der Waals surface area contributed by atoms with E-state index in [4.69, 9.17) is 6.58 Å². The molecule has 2 nitrogen and oxygen atoms in total. The fourth-order valence-corrected chi connectivity index (χ4v) is 5.83. The molecule has 5 aromatic rings. The predicted octanol–water partition coefficient (Wildman–Crippen LogP) is 9.79. The summed E-state index contributed by atoms with van der Waals surface area (Å²) in [6, 6.07) is 35.3. The Morgan fingerprint density at radius 3 is 2.16 bits per heavy atom. The molecule has 38 heavy (non-hydrogen) atoms. The number of hydrogen-bond donors (Lipinski definition) is 0. The van der Waals surface area contributed by atoms with E-state index in [0.29, 0.717) is 5.92 Å². The minimum atomic E-state index is 0.0204. The lowest BCUT2D eigenvalue weighted by atomic mass is 9.89. The van der Waals surface area contributed by atoms with Crippen molar-refractivity contribution in [1.29, 1.82) is 0 Å². The third kappa shape index (κ3) is 3.96. The fraction of sp³-hybridized carbons (Fsp3) is 0.222. The highest BCUT2D eigenvalue weighted by molar-refractivity contribution is 5.79. The van der Waals surface area contributed by atoms with E-state index in [9.17, 15) is 0 Å². The molecule has 6 rings (SSSR count). The summed E-state index contributed by atoms with van der Waals surface area (Å²) in [7, 11) is 0. The van der Waals surface area contributed by atoms with Crippen LogP contribution >= 0.6 is 0 Å². The Bertz CT molecular complexity index is 1640. The van der Waals surface area contributed by atoms with Gasteiger partial charge in [0.15, 0.2) is 0 Å². The van der Waals surface area contributed by atoms with Crippen LogP contribution in [0.25, 0.3) is 39.3 Å². The Morgan fingerprint density at radius 2 is 1.42 bits per heavy atom. The van der Waals surface area contributed by atoms with Crippen molar-refractivity contribution < 1.29 is 0 Å². The van der Waals surface area contributed by atoms with Crippen molar-refractivity contribution in [2.75, 3.05) is 0 Å². The van der Waals surface area contributed by atoms with Gasteiger partial charge in [0.2, 0.25) is 0 Å². The van der Waals surface area contributed by atoms with Crippen LogP contribution < -0.4 is 0 Å². The maximum atomic E-state index is 4.79. The maximum absolute atomic E-state index is 4.79. The van der Waals surface area contributed by atoms with Gasteiger partial charge in [0.1, 0.15) is 0 Å². The van der Waals surface area contributed by atoms with Crippen LogP contribution in [0, 0.1) is 0 Å². The first-order chi connectivity index (χ1) is 18.2.